The maximum Gasteiger partial charge on any atom is 0.397 e. The largest absolute Gasteiger partial charge is 0.398 e. The van der Waals surface area contributed by atoms with Crippen molar-refractivity contribution in [2.75, 3.05) is 18.1 Å². The summed E-state index contributed by atoms with van der Waals surface area (Å²) in [5.41, 5.74) is 5.88. The predicted molar refractivity (Wildman–Crippen MR) is 87.7 cm³/mol. The summed E-state index contributed by atoms with van der Waals surface area (Å²) in [7, 11) is -13.5. The summed E-state index contributed by atoms with van der Waals surface area (Å²) < 4.78 is 89.9. The van der Waals surface area contributed by atoms with E-state index < -0.39 is 47.6 Å². The lowest BCUT2D eigenvalue weighted by molar-refractivity contribution is 0.284. The Balaban J connectivity index is 2.53. The lowest BCUT2D eigenvalue weighted by Crippen LogP contribution is -2.15. The van der Waals surface area contributed by atoms with Crippen LogP contribution < -0.4 is 5.73 Å². The number of hydrogen-bond acceptors (Lipinski definition) is 8. The smallest absolute Gasteiger partial charge is 0.397 e. The Morgan fingerprint density at radius 1 is 0.920 bits per heavy atom. The van der Waals surface area contributed by atoms with Crippen molar-refractivity contribution < 1.29 is 38.5 Å². The van der Waals surface area contributed by atoms with Crippen LogP contribution in [0.3, 0.4) is 0 Å². The third-order valence-corrected chi connectivity index (χ3v) is 6.26. The van der Waals surface area contributed by atoms with Gasteiger partial charge in [-0.1, -0.05) is 6.07 Å². The van der Waals surface area contributed by atoms with Gasteiger partial charge >= 0.3 is 10.4 Å². The molecule has 2 rings (SSSR count). The molecule has 0 aliphatic heterocycles. The van der Waals surface area contributed by atoms with Crippen molar-refractivity contribution in [3.63, 3.8) is 0 Å². The molecule has 0 bridgehead atoms. The minimum atomic E-state index is -4.79. The van der Waals surface area contributed by atoms with Gasteiger partial charge in [0, 0.05) is 16.5 Å². The van der Waals surface area contributed by atoms with Gasteiger partial charge in [-0.2, -0.15) is 16.8 Å². The summed E-state index contributed by atoms with van der Waals surface area (Å²) in [6, 6.07) is 5.69. The van der Waals surface area contributed by atoms with Crippen LogP contribution in [0.2, 0.25) is 0 Å². The quantitative estimate of drug-likeness (QED) is 0.441. The molecule has 0 aliphatic carbocycles. The molecule has 0 aromatic heterocycles. The molecule has 4 N–H and O–H groups in total. The SMILES string of the molecule is Nc1ccc(S(=O)(=O)O)c2cc(S(=O)(=O)CCOS(=O)(=O)O)ccc12. The van der Waals surface area contributed by atoms with Crippen molar-refractivity contribution in [1.82, 2.24) is 0 Å². The highest BCUT2D eigenvalue weighted by Crippen LogP contribution is 2.30. The van der Waals surface area contributed by atoms with Gasteiger partial charge in [0.05, 0.1) is 17.3 Å². The third kappa shape index (κ3) is 4.65. The Kier molecular flexibility index (Phi) is 5.09. The van der Waals surface area contributed by atoms with Crippen LogP contribution in [0.5, 0.6) is 0 Å². The zero-order valence-electron chi connectivity index (χ0n) is 12.4. The van der Waals surface area contributed by atoms with Crippen LogP contribution in [-0.4, -0.2) is 46.7 Å². The Morgan fingerprint density at radius 2 is 1.56 bits per heavy atom. The molecular formula is C12H13NO9S3. The van der Waals surface area contributed by atoms with Crippen LogP contribution in [0.15, 0.2) is 40.1 Å². The van der Waals surface area contributed by atoms with Gasteiger partial charge in [0.15, 0.2) is 9.84 Å². The van der Waals surface area contributed by atoms with Crippen LogP contribution in [-0.2, 0) is 34.5 Å². The average molecular weight is 411 g/mol. The highest BCUT2D eigenvalue weighted by molar-refractivity contribution is 7.91. The second-order valence-corrected chi connectivity index (χ2v) is 9.49. The number of rotatable bonds is 6. The lowest BCUT2D eigenvalue weighted by Gasteiger charge is -2.10. The number of hydrogen-bond donors (Lipinski definition) is 3. The summed E-state index contributed by atoms with van der Waals surface area (Å²) in [5, 5.41) is 0.0996. The summed E-state index contributed by atoms with van der Waals surface area (Å²) in [6.07, 6.45) is 0. The second kappa shape index (κ2) is 6.51. The van der Waals surface area contributed by atoms with E-state index in [2.05, 4.69) is 4.18 Å². The molecule has 10 nitrogen and oxygen atoms in total. The highest BCUT2D eigenvalue weighted by atomic mass is 32.3. The molecule has 0 heterocycles. The predicted octanol–water partition coefficient (Wildman–Crippen LogP) is 0.262. The van der Waals surface area contributed by atoms with E-state index in [4.69, 9.17) is 10.3 Å². The summed E-state index contributed by atoms with van der Waals surface area (Å²) >= 11 is 0. The molecule has 0 aliphatic rings. The van der Waals surface area contributed by atoms with Crippen LogP contribution >= 0.6 is 0 Å². The molecule has 13 heteroatoms. The standard InChI is InChI=1S/C12H13NO9S3/c13-11-3-4-12(24(16,17)18)10-7-8(1-2-9(10)11)23(14,15)6-5-22-25(19,20)21/h1-4,7H,5-6,13H2,(H,16,17,18)(H,19,20,21). The molecule has 0 saturated heterocycles. The fourth-order valence-electron chi connectivity index (χ4n) is 2.11. The Morgan fingerprint density at radius 3 is 2.12 bits per heavy atom. The zero-order chi connectivity index (χ0) is 19.0. The molecule has 0 fully saturated rings. The number of sulfone groups is 1. The molecule has 0 radical (unpaired) electrons. The van der Waals surface area contributed by atoms with Gasteiger partial charge < -0.3 is 5.73 Å². The Bertz CT molecular complexity index is 1140. The van der Waals surface area contributed by atoms with Crippen molar-refractivity contribution >= 4 is 46.8 Å². The van der Waals surface area contributed by atoms with Crippen molar-refractivity contribution in [3.05, 3.63) is 30.3 Å². The minimum absolute atomic E-state index is 0.112. The number of nitrogens with two attached hydrogens (primary N) is 1. The molecular weight excluding hydrogens is 398 g/mol. The van der Waals surface area contributed by atoms with Gasteiger partial charge in [0.1, 0.15) is 4.90 Å². The van der Waals surface area contributed by atoms with Gasteiger partial charge in [-0.05, 0) is 24.3 Å². The normalized spacial score (nSPS) is 13.2. The van der Waals surface area contributed by atoms with Gasteiger partial charge in [0.25, 0.3) is 10.1 Å². The van der Waals surface area contributed by atoms with E-state index in [-0.39, 0.29) is 21.4 Å². The zero-order valence-corrected chi connectivity index (χ0v) is 14.8. The Hall–Kier alpha value is -1.77. The summed E-state index contributed by atoms with van der Waals surface area (Å²) in [5.74, 6) is -0.790. The van der Waals surface area contributed by atoms with Gasteiger partial charge in [0.2, 0.25) is 0 Å². The van der Waals surface area contributed by atoms with E-state index in [1.807, 2.05) is 0 Å². The first-order valence-corrected chi connectivity index (χ1v) is 10.9. The van der Waals surface area contributed by atoms with E-state index in [9.17, 15) is 29.8 Å². The fourth-order valence-corrected chi connectivity index (χ4v) is 4.31. The van der Waals surface area contributed by atoms with E-state index in [1.54, 1.807) is 0 Å². The minimum Gasteiger partial charge on any atom is -0.398 e. The number of nitrogen functional groups attached to an aromatic ring is 1. The maximum absolute atomic E-state index is 12.2. The van der Waals surface area contributed by atoms with E-state index in [0.29, 0.717) is 0 Å². The first kappa shape index (κ1) is 19.6. The highest BCUT2D eigenvalue weighted by Gasteiger charge is 2.20. The first-order valence-electron chi connectivity index (χ1n) is 6.45. The van der Waals surface area contributed by atoms with Crippen LogP contribution in [0.1, 0.15) is 0 Å². The maximum atomic E-state index is 12.2. The van der Waals surface area contributed by atoms with E-state index in [0.717, 1.165) is 18.2 Å². The monoisotopic (exact) mass is 411 g/mol. The lowest BCUT2D eigenvalue weighted by atomic mass is 10.1. The summed E-state index contributed by atoms with van der Waals surface area (Å²) in [6.45, 7) is -0.832. The van der Waals surface area contributed by atoms with Crippen LogP contribution in [0.25, 0.3) is 10.8 Å². The van der Waals surface area contributed by atoms with Crippen molar-refractivity contribution in [2.24, 2.45) is 0 Å². The average Bonchev–Trinajstić information content (AvgIpc) is 2.44. The number of anilines is 1. The molecule has 0 saturated carbocycles. The van der Waals surface area contributed by atoms with Gasteiger partial charge in [-0.25, -0.2) is 12.6 Å². The third-order valence-electron chi connectivity index (χ3n) is 3.20. The van der Waals surface area contributed by atoms with Crippen LogP contribution in [0.4, 0.5) is 5.69 Å². The molecule has 0 unspecified atom stereocenters. The molecule has 138 valence electrons. The first-order chi connectivity index (χ1) is 11.3. The van der Waals surface area contributed by atoms with Crippen LogP contribution in [0, 0.1) is 0 Å². The van der Waals surface area contributed by atoms with Crippen molar-refractivity contribution in [1.29, 1.82) is 0 Å². The molecule has 2 aromatic carbocycles. The number of fused-ring (bicyclic) bond motifs is 1. The molecule has 0 atom stereocenters. The fraction of sp³-hybridized carbons (Fsp3) is 0.167. The summed E-state index contributed by atoms with van der Waals surface area (Å²) in [4.78, 5) is -0.864. The van der Waals surface area contributed by atoms with Gasteiger partial charge in [-0.3, -0.25) is 9.11 Å². The van der Waals surface area contributed by atoms with Gasteiger partial charge in [-0.15, -0.1) is 0 Å². The molecule has 0 spiro atoms. The Labute approximate surface area is 143 Å². The van der Waals surface area contributed by atoms with E-state index in [1.165, 1.54) is 12.1 Å². The molecule has 2 aromatic rings. The van der Waals surface area contributed by atoms with E-state index >= 15 is 0 Å². The molecule has 25 heavy (non-hydrogen) atoms. The second-order valence-electron chi connectivity index (χ2n) is 4.90. The number of benzene rings is 2. The molecule has 0 amide bonds. The van der Waals surface area contributed by atoms with Crippen molar-refractivity contribution in [3.8, 4) is 0 Å². The van der Waals surface area contributed by atoms with Crippen molar-refractivity contribution in [2.45, 2.75) is 9.79 Å². The topological polar surface area (TPSA) is 178 Å².